The molecule has 0 aromatic heterocycles. The zero-order valence-corrected chi connectivity index (χ0v) is 6.55. The Morgan fingerprint density at radius 1 is 1.25 bits per heavy atom. The molecule has 0 saturated heterocycles. The van der Waals surface area contributed by atoms with E-state index in [1.54, 1.807) is 0 Å². The zero-order chi connectivity index (χ0) is 9.14. The summed E-state index contributed by atoms with van der Waals surface area (Å²) in [6, 6.07) is 0. The zero-order valence-electron chi connectivity index (χ0n) is 6.55. The van der Waals surface area contributed by atoms with Gasteiger partial charge in [0, 0.05) is 6.08 Å². The summed E-state index contributed by atoms with van der Waals surface area (Å²) in [4.78, 5) is 10.1. The van der Waals surface area contributed by atoms with E-state index in [-0.39, 0.29) is 5.92 Å². The molecule has 0 aliphatic heterocycles. The summed E-state index contributed by atoms with van der Waals surface area (Å²) in [5.74, 6) is -1.00. The summed E-state index contributed by atoms with van der Waals surface area (Å²) < 4.78 is 0. The van der Waals surface area contributed by atoms with Crippen LogP contribution in [0.5, 0.6) is 0 Å². The van der Waals surface area contributed by atoms with Gasteiger partial charge >= 0.3 is 5.97 Å². The molecule has 1 saturated carbocycles. The topological polar surface area (TPSA) is 77.8 Å². The molecule has 1 fully saturated rings. The molecule has 1 aliphatic carbocycles. The molecular formula is C8H12O4. The van der Waals surface area contributed by atoms with Crippen LogP contribution in [0.15, 0.2) is 12.2 Å². The Labute approximate surface area is 70.1 Å². The molecule has 4 nitrogen and oxygen atoms in total. The highest BCUT2D eigenvalue weighted by Gasteiger charge is 2.29. The van der Waals surface area contributed by atoms with Gasteiger partial charge in [-0.05, 0) is 18.8 Å². The van der Waals surface area contributed by atoms with E-state index >= 15 is 0 Å². The maximum atomic E-state index is 10.1. The molecule has 1 rings (SSSR count). The highest BCUT2D eigenvalue weighted by atomic mass is 16.4. The fourth-order valence-electron chi connectivity index (χ4n) is 1.41. The van der Waals surface area contributed by atoms with Gasteiger partial charge < -0.3 is 15.3 Å². The van der Waals surface area contributed by atoms with E-state index < -0.39 is 18.2 Å². The predicted octanol–water partition coefficient (Wildman–Crippen LogP) is -0.241. The molecule has 0 aromatic rings. The number of hydrogen-bond acceptors (Lipinski definition) is 3. The molecular weight excluding hydrogens is 160 g/mol. The number of rotatable bonds is 2. The van der Waals surface area contributed by atoms with E-state index in [4.69, 9.17) is 15.3 Å². The second-order valence-electron chi connectivity index (χ2n) is 3.06. The molecule has 0 amide bonds. The van der Waals surface area contributed by atoms with Crippen LogP contribution in [0, 0.1) is 5.92 Å². The van der Waals surface area contributed by atoms with Crippen LogP contribution < -0.4 is 0 Å². The maximum absolute atomic E-state index is 10.1. The average molecular weight is 172 g/mol. The normalized spacial score (nSPS) is 36.0. The smallest absolute Gasteiger partial charge is 0.327 e. The van der Waals surface area contributed by atoms with Crippen molar-refractivity contribution in [2.45, 2.75) is 25.0 Å². The highest BCUT2D eigenvalue weighted by Crippen LogP contribution is 2.26. The summed E-state index contributed by atoms with van der Waals surface area (Å²) in [7, 11) is 0. The number of allylic oxidation sites excluding steroid dienone is 1. The molecule has 0 heterocycles. The lowest BCUT2D eigenvalue weighted by Crippen LogP contribution is -2.17. The summed E-state index contributed by atoms with van der Waals surface area (Å²) in [5.41, 5.74) is 0. The van der Waals surface area contributed by atoms with Crippen LogP contribution in [-0.2, 0) is 4.79 Å². The molecule has 0 spiro atoms. The van der Waals surface area contributed by atoms with Crippen molar-refractivity contribution in [3.05, 3.63) is 12.2 Å². The lowest BCUT2D eigenvalue weighted by molar-refractivity contribution is -0.131. The van der Waals surface area contributed by atoms with E-state index in [0.717, 1.165) is 6.08 Å². The first-order valence-electron chi connectivity index (χ1n) is 3.87. The van der Waals surface area contributed by atoms with E-state index in [1.165, 1.54) is 6.08 Å². The second kappa shape index (κ2) is 3.69. The van der Waals surface area contributed by atoms with Crippen LogP contribution in [0.4, 0.5) is 0 Å². The Kier molecular flexibility index (Phi) is 2.83. The summed E-state index contributed by atoms with van der Waals surface area (Å²) in [6.45, 7) is 0. The maximum Gasteiger partial charge on any atom is 0.327 e. The van der Waals surface area contributed by atoms with E-state index in [9.17, 15) is 4.79 Å². The molecule has 0 aromatic carbocycles. The van der Waals surface area contributed by atoms with Gasteiger partial charge in [-0.25, -0.2) is 4.79 Å². The SMILES string of the molecule is O=C(O)/C=C/C1CC(O)C(O)C1. The van der Waals surface area contributed by atoms with Gasteiger partial charge in [0.15, 0.2) is 0 Å². The van der Waals surface area contributed by atoms with E-state index in [1.807, 2.05) is 0 Å². The predicted molar refractivity (Wildman–Crippen MR) is 41.5 cm³/mol. The van der Waals surface area contributed by atoms with Crippen LogP contribution in [0.2, 0.25) is 0 Å². The van der Waals surface area contributed by atoms with Gasteiger partial charge in [-0.15, -0.1) is 0 Å². The molecule has 12 heavy (non-hydrogen) atoms. The Balaban J connectivity index is 2.42. The number of hydrogen-bond donors (Lipinski definition) is 3. The number of aliphatic carboxylic acids is 1. The van der Waals surface area contributed by atoms with E-state index in [2.05, 4.69) is 0 Å². The fourth-order valence-corrected chi connectivity index (χ4v) is 1.41. The van der Waals surface area contributed by atoms with Crippen molar-refractivity contribution in [1.82, 2.24) is 0 Å². The molecule has 2 unspecified atom stereocenters. The second-order valence-corrected chi connectivity index (χ2v) is 3.06. The summed E-state index contributed by atoms with van der Waals surface area (Å²) >= 11 is 0. The number of aliphatic hydroxyl groups excluding tert-OH is 2. The number of carboxylic acid groups (broad SMARTS) is 1. The van der Waals surface area contributed by atoms with Crippen LogP contribution in [0.1, 0.15) is 12.8 Å². The van der Waals surface area contributed by atoms with Crippen molar-refractivity contribution < 1.29 is 20.1 Å². The summed E-state index contributed by atoms with van der Waals surface area (Å²) in [6.07, 6.45) is 2.06. The summed E-state index contributed by atoms with van der Waals surface area (Å²) in [5, 5.41) is 26.5. The van der Waals surface area contributed by atoms with Crippen LogP contribution in [-0.4, -0.2) is 33.5 Å². The average Bonchev–Trinajstić information content (AvgIpc) is 2.28. The minimum absolute atomic E-state index is 0.00824. The van der Waals surface area contributed by atoms with E-state index in [0.29, 0.717) is 12.8 Å². The van der Waals surface area contributed by atoms with Crippen molar-refractivity contribution in [2.24, 2.45) is 5.92 Å². The van der Waals surface area contributed by atoms with Gasteiger partial charge in [0.2, 0.25) is 0 Å². The molecule has 0 bridgehead atoms. The molecule has 2 atom stereocenters. The number of aliphatic hydroxyl groups is 2. The largest absolute Gasteiger partial charge is 0.478 e. The van der Waals surface area contributed by atoms with Gasteiger partial charge in [-0.3, -0.25) is 0 Å². The van der Waals surface area contributed by atoms with Gasteiger partial charge in [0.05, 0.1) is 12.2 Å². The molecule has 68 valence electrons. The van der Waals surface area contributed by atoms with Gasteiger partial charge in [-0.1, -0.05) is 6.08 Å². The Hall–Kier alpha value is -0.870. The quantitative estimate of drug-likeness (QED) is 0.502. The first kappa shape index (κ1) is 9.22. The molecule has 3 N–H and O–H groups in total. The van der Waals surface area contributed by atoms with Gasteiger partial charge in [0.1, 0.15) is 0 Å². The van der Waals surface area contributed by atoms with Crippen molar-refractivity contribution in [3.8, 4) is 0 Å². The number of carbonyl (C=O) groups is 1. The standard InChI is InChI=1S/C8H12O4/c9-6-3-5(4-7(6)10)1-2-8(11)12/h1-2,5-7,9-10H,3-4H2,(H,11,12)/b2-1+. The Morgan fingerprint density at radius 3 is 2.17 bits per heavy atom. The number of carboxylic acids is 1. The van der Waals surface area contributed by atoms with Crippen LogP contribution >= 0.6 is 0 Å². The first-order chi connectivity index (χ1) is 5.59. The first-order valence-corrected chi connectivity index (χ1v) is 3.87. The minimum atomic E-state index is -0.995. The third-order valence-corrected chi connectivity index (χ3v) is 2.04. The van der Waals surface area contributed by atoms with Gasteiger partial charge in [-0.2, -0.15) is 0 Å². The fraction of sp³-hybridized carbons (Fsp3) is 0.625. The molecule has 0 radical (unpaired) electrons. The van der Waals surface area contributed by atoms with Crippen molar-refractivity contribution in [1.29, 1.82) is 0 Å². The third-order valence-electron chi connectivity index (χ3n) is 2.04. The lowest BCUT2D eigenvalue weighted by Gasteiger charge is -2.03. The van der Waals surface area contributed by atoms with Crippen LogP contribution in [0.25, 0.3) is 0 Å². The van der Waals surface area contributed by atoms with Crippen molar-refractivity contribution in [2.75, 3.05) is 0 Å². The lowest BCUT2D eigenvalue weighted by atomic mass is 10.1. The Morgan fingerprint density at radius 2 is 1.75 bits per heavy atom. The van der Waals surface area contributed by atoms with Crippen molar-refractivity contribution in [3.63, 3.8) is 0 Å². The Bertz CT molecular complexity index is 189. The third kappa shape index (κ3) is 2.32. The molecule has 4 heteroatoms. The van der Waals surface area contributed by atoms with Gasteiger partial charge in [0.25, 0.3) is 0 Å². The molecule has 1 aliphatic rings. The van der Waals surface area contributed by atoms with Crippen molar-refractivity contribution >= 4 is 5.97 Å². The highest BCUT2D eigenvalue weighted by molar-refractivity contribution is 5.79. The van der Waals surface area contributed by atoms with Crippen LogP contribution in [0.3, 0.4) is 0 Å². The minimum Gasteiger partial charge on any atom is -0.478 e. The monoisotopic (exact) mass is 172 g/mol.